The molecule has 0 heterocycles. The Bertz CT molecular complexity index is 599. The van der Waals surface area contributed by atoms with Gasteiger partial charge in [-0.2, -0.15) is 8.42 Å². The molecule has 0 saturated heterocycles. The largest absolute Gasteiger partial charge is 0.297 e. The summed E-state index contributed by atoms with van der Waals surface area (Å²) in [5.41, 5.74) is 0.776. The summed E-state index contributed by atoms with van der Waals surface area (Å²) in [6, 6.07) is 3.93. The summed E-state index contributed by atoms with van der Waals surface area (Å²) in [4.78, 5) is -0.647. The summed E-state index contributed by atoms with van der Waals surface area (Å²) in [6.07, 6.45) is 17.5. The molecule has 0 amide bonds. The van der Waals surface area contributed by atoms with Crippen LogP contribution in [0.5, 0.6) is 0 Å². The van der Waals surface area contributed by atoms with E-state index in [0.29, 0.717) is 0 Å². The zero-order valence-corrected chi connectivity index (χ0v) is 17.0. The van der Waals surface area contributed by atoms with Crippen LogP contribution in [0.15, 0.2) is 23.1 Å². The van der Waals surface area contributed by atoms with Gasteiger partial charge in [-0.1, -0.05) is 90.0 Å². The number of rotatable bonds is 15. The van der Waals surface area contributed by atoms with E-state index in [-0.39, 0.29) is 0 Å². The Morgan fingerprint density at radius 3 is 1.69 bits per heavy atom. The quantitative estimate of drug-likeness (QED) is 0.269. The van der Waals surface area contributed by atoms with E-state index in [1.807, 2.05) is 0 Å². The monoisotopic (exact) mass is 386 g/mol. The topological polar surface area (TPSA) is 54.4 Å². The SMILES string of the molecule is CCCCCCCCCCCCCCCc1ccc(S(=O)(=O)O)c(F)c1. The molecule has 26 heavy (non-hydrogen) atoms. The van der Waals surface area contributed by atoms with Crippen LogP contribution in [0.1, 0.15) is 96.0 Å². The molecule has 0 saturated carbocycles. The van der Waals surface area contributed by atoms with Crippen molar-refractivity contribution < 1.29 is 17.4 Å². The van der Waals surface area contributed by atoms with Crippen LogP contribution in [0.25, 0.3) is 0 Å². The summed E-state index contributed by atoms with van der Waals surface area (Å²) in [7, 11) is -4.47. The molecule has 3 nitrogen and oxygen atoms in total. The van der Waals surface area contributed by atoms with Gasteiger partial charge in [-0.25, -0.2) is 4.39 Å². The van der Waals surface area contributed by atoms with Gasteiger partial charge >= 0.3 is 0 Å². The molecule has 0 aliphatic carbocycles. The van der Waals surface area contributed by atoms with Crippen molar-refractivity contribution in [2.45, 2.75) is 102 Å². The van der Waals surface area contributed by atoms with Gasteiger partial charge in [0.15, 0.2) is 0 Å². The van der Waals surface area contributed by atoms with Crippen LogP contribution in [0.3, 0.4) is 0 Å². The van der Waals surface area contributed by atoms with E-state index in [1.165, 1.54) is 76.7 Å². The number of unbranched alkanes of at least 4 members (excludes halogenated alkanes) is 12. The molecule has 1 rings (SSSR count). The second-order valence-corrected chi connectivity index (χ2v) is 8.62. The fourth-order valence-electron chi connectivity index (χ4n) is 3.26. The highest BCUT2D eigenvalue weighted by Gasteiger charge is 2.15. The van der Waals surface area contributed by atoms with E-state index in [4.69, 9.17) is 4.55 Å². The molecule has 0 radical (unpaired) electrons. The van der Waals surface area contributed by atoms with Gasteiger partial charge in [0.05, 0.1) is 0 Å². The predicted molar refractivity (Wildman–Crippen MR) is 106 cm³/mol. The Morgan fingerprint density at radius 2 is 1.27 bits per heavy atom. The molecule has 0 atom stereocenters. The van der Waals surface area contributed by atoms with Crippen molar-refractivity contribution >= 4 is 10.1 Å². The summed E-state index contributed by atoms with van der Waals surface area (Å²) in [5, 5.41) is 0. The van der Waals surface area contributed by atoms with E-state index in [1.54, 1.807) is 6.07 Å². The van der Waals surface area contributed by atoms with E-state index in [9.17, 15) is 12.8 Å². The van der Waals surface area contributed by atoms with Gasteiger partial charge < -0.3 is 0 Å². The summed E-state index contributed by atoms with van der Waals surface area (Å²) < 4.78 is 44.5. The lowest BCUT2D eigenvalue weighted by molar-refractivity contribution is 0.473. The van der Waals surface area contributed by atoms with Crippen molar-refractivity contribution in [3.05, 3.63) is 29.6 Å². The predicted octanol–water partition coefficient (Wildman–Crippen LogP) is 6.71. The second kappa shape index (κ2) is 13.3. The second-order valence-electron chi connectivity index (χ2n) is 7.23. The van der Waals surface area contributed by atoms with Crippen LogP contribution in [0, 0.1) is 5.82 Å². The van der Waals surface area contributed by atoms with Crippen LogP contribution in [-0.4, -0.2) is 13.0 Å². The minimum Gasteiger partial charge on any atom is -0.282 e. The lowest BCUT2D eigenvalue weighted by atomic mass is 10.0. The maximum Gasteiger partial charge on any atom is 0.297 e. The molecule has 1 aromatic rings. The fourth-order valence-corrected chi connectivity index (χ4v) is 3.80. The molecule has 5 heteroatoms. The summed E-state index contributed by atoms with van der Waals surface area (Å²) in [5.74, 6) is -0.875. The van der Waals surface area contributed by atoms with Crippen LogP contribution < -0.4 is 0 Å². The van der Waals surface area contributed by atoms with Gasteiger partial charge in [-0.05, 0) is 30.5 Å². The van der Waals surface area contributed by atoms with Crippen molar-refractivity contribution in [1.29, 1.82) is 0 Å². The molecule has 1 aromatic carbocycles. The first-order valence-electron chi connectivity index (χ1n) is 10.2. The molecule has 0 unspecified atom stereocenters. The summed E-state index contributed by atoms with van der Waals surface area (Å²) in [6.45, 7) is 2.25. The molecule has 0 aromatic heterocycles. The first-order valence-corrected chi connectivity index (χ1v) is 11.6. The molecule has 150 valence electrons. The van der Waals surface area contributed by atoms with Gasteiger partial charge in [0, 0.05) is 0 Å². The smallest absolute Gasteiger partial charge is 0.282 e. The first kappa shape index (κ1) is 23.1. The molecule has 0 fully saturated rings. The van der Waals surface area contributed by atoms with Gasteiger partial charge in [0.1, 0.15) is 10.7 Å². The zero-order valence-electron chi connectivity index (χ0n) is 16.2. The van der Waals surface area contributed by atoms with Gasteiger partial charge in [-0.15, -0.1) is 0 Å². The van der Waals surface area contributed by atoms with Crippen molar-refractivity contribution in [3.8, 4) is 0 Å². The third-order valence-electron chi connectivity index (χ3n) is 4.84. The lowest BCUT2D eigenvalue weighted by Crippen LogP contribution is -2.02. The van der Waals surface area contributed by atoms with E-state index >= 15 is 0 Å². The average Bonchev–Trinajstić information content (AvgIpc) is 2.58. The Labute approximate surface area is 159 Å². The first-order chi connectivity index (χ1) is 12.4. The highest BCUT2D eigenvalue weighted by molar-refractivity contribution is 7.85. The van der Waals surface area contributed by atoms with Crippen LogP contribution in [-0.2, 0) is 16.5 Å². The van der Waals surface area contributed by atoms with E-state index < -0.39 is 20.8 Å². The molecular weight excluding hydrogens is 351 g/mol. The average molecular weight is 387 g/mol. The van der Waals surface area contributed by atoms with Gasteiger partial charge in [-0.3, -0.25) is 4.55 Å². The number of halogens is 1. The lowest BCUT2D eigenvalue weighted by Gasteiger charge is -2.05. The Morgan fingerprint density at radius 1 is 0.808 bits per heavy atom. The molecule has 1 N–H and O–H groups in total. The van der Waals surface area contributed by atoms with Gasteiger partial charge in [0.2, 0.25) is 0 Å². The minimum absolute atomic E-state index is 0.647. The van der Waals surface area contributed by atoms with E-state index in [2.05, 4.69) is 6.92 Å². The third-order valence-corrected chi connectivity index (χ3v) is 5.73. The van der Waals surface area contributed by atoms with Crippen molar-refractivity contribution in [2.75, 3.05) is 0 Å². The maximum absolute atomic E-state index is 13.7. The normalized spacial score (nSPS) is 11.8. The van der Waals surface area contributed by atoms with Crippen LogP contribution in [0.2, 0.25) is 0 Å². The Kier molecular flexibility index (Phi) is 11.8. The van der Waals surface area contributed by atoms with Crippen molar-refractivity contribution in [2.24, 2.45) is 0 Å². The molecule has 0 aliphatic heterocycles. The molecular formula is C21H35FO3S. The molecule has 0 spiro atoms. The third kappa shape index (κ3) is 10.3. The standard InChI is InChI=1S/C21H35FO3S/c1-2-3-4-5-6-7-8-9-10-11-12-13-14-15-19-16-17-21(20(22)18-19)26(23,24)25/h16-18H,2-15H2,1H3,(H,23,24,25). The van der Waals surface area contributed by atoms with Crippen molar-refractivity contribution in [1.82, 2.24) is 0 Å². The number of hydrogen-bond donors (Lipinski definition) is 1. The summed E-state index contributed by atoms with van der Waals surface area (Å²) >= 11 is 0. The molecule has 0 bridgehead atoms. The zero-order chi connectivity index (χ0) is 19.3. The van der Waals surface area contributed by atoms with Crippen LogP contribution in [0.4, 0.5) is 4.39 Å². The van der Waals surface area contributed by atoms with Crippen molar-refractivity contribution in [3.63, 3.8) is 0 Å². The minimum atomic E-state index is -4.47. The fraction of sp³-hybridized carbons (Fsp3) is 0.714. The van der Waals surface area contributed by atoms with E-state index in [0.717, 1.165) is 30.9 Å². The highest BCUT2D eigenvalue weighted by atomic mass is 32.2. The maximum atomic E-state index is 13.7. The number of aryl methyl sites for hydroxylation is 1. The van der Waals surface area contributed by atoms with Gasteiger partial charge in [0.25, 0.3) is 10.1 Å². The molecule has 0 aliphatic rings. The number of benzene rings is 1. The highest BCUT2D eigenvalue weighted by Crippen LogP contribution is 2.18. The Balaban J connectivity index is 2.02. The Hall–Kier alpha value is -0.940. The van der Waals surface area contributed by atoms with Crippen LogP contribution >= 0.6 is 0 Å². The number of hydrogen-bond acceptors (Lipinski definition) is 2.